The van der Waals surface area contributed by atoms with Gasteiger partial charge < -0.3 is 25.1 Å². The number of carbonyl (C=O) groups excluding carboxylic acids is 4. The van der Waals surface area contributed by atoms with Crippen molar-refractivity contribution < 1.29 is 28.3 Å². The zero-order valence-electron chi connectivity index (χ0n) is 18.7. The van der Waals surface area contributed by atoms with Crippen molar-refractivity contribution in [1.82, 2.24) is 10.7 Å². The summed E-state index contributed by atoms with van der Waals surface area (Å²) in [6.45, 7) is 2.17. The molecule has 0 radical (unpaired) electrons. The van der Waals surface area contributed by atoms with Crippen molar-refractivity contribution >= 4 is 41.2 Å². The van der Waals surface area contributed by atoms with Gasteiger partial charge in [0.15, 0.2) is 0 Å². The molecule has 4 N–H and O–H groups in total. The fourth-order valence-electron chi connectivity index (χ4n) is 2.75. The number of anilines is 2. The first-order valence-corrected chi connectivity index (χ1v) is 10.6. The van der Waals surface area contributed by atoms with Gasteiger partial charge >= 0.3 is 23.6 Å². The van der Waals surface area contributed by atoms with Crippen molar-refractivity contribution in [3.8, 4) is 5.75 Å². The summed E-state index contributed by atoms with van der Waals surface area (Å²) >= 11 is 0. The van der Waals surface area contributed by atoms with Crippen LogP contribution in [-0.2, 0) is 25.7 Å². The molecule has 0 saturated heterocycles. The normalized spacial score (nSPS) is 10.4. The highest BCUT2D eigenvalue weighted by molar-refractivity contribution is 6.40. The molecule has 0 bridgehead atoms. The molecule has 1 aromatic heterocycles. The molecule has 35 heavy (non-hydrogen) atoms. The van der Waals surface area contributed by atoms with Crippen LogP contribution in [0.5, 0.6) is 5.75 Å². The van der Waals surface area contributed by atoms with Gasteiger partial charge in [-0.25, -0.2) is 5.43 Å². The highest BCUT2D eigenvalue weighted by Gasteiger charge is 2.16. The maximum absolute atomic E-state index is 12.1. The number of amides is 4. The maximum Gasteiger partial charge on any atom is 0.329 e. The number of hydrazone groups is 1. The lowest BCUT2D eigenvalue weighted by molar-refractivity contribution is -0.136. The largest absolute Gasteiger partial charge is 0.492 e. The Morgan fingerprint density at radius 2 is 1.57 bits per heavy atom. The number of nitrogens with zero attached hydrogens (tertiary/aromatic N) is 1. The van der Waals surface area contributed by atoms with E-state index in [1.165, 1.54) is 6.21 Å². The fourth-order valence-corrected chi connectivity index (χ4v) is 2.75. The molecule has 4 amide bonds. The van der Waals surface area contributed by atoms with Gasteiger partial charge in [-0.3, -0.25) is 19.2 Å². The van der Waals surface area contributed by atoms with Crippen molar-refractivity contribution in [2.24, 2.45) is 5.10 Å². The van der Waals surface area contributed by atoms with Crippen molar-refractivity contribution in [3.63, 3.8) is 0 Å². The second-order valence-electron chi connectivity index (χ2n) is 6.89. The van der Waals surface area contributed by atoms with Gasteiger partial charge in [0.2, 0.25) is 0 Å². The zero-order valence-corrected chi connectivity index (χ0v) is 18.7. The smallest absolute Gasteiger partial charge is 0.329 e. The minimum Gasteiger partial charge on any atom is -0.492 e. The standard InChI is InChI=1S/C24H23N5O6/c1-2-34-20-11-7-6-10-19(20)28-23(32)24(33)29-26-15-18-13-12-17(35-18)14-25-21(30)22(31)27-16-8-4-3-5-9-16/h3-13,15H,2,14H2,1H3,(H,25,30)(H,27,31)(H,28,32)(H,29,33)/b26-15+. The molecule has 0 atom stereocenters. The molecular formula is C24H23N5O6. The Morgan fingerprint density at radius 1 is 0.857 bits per heavy atom. The van der Waals surface area contributed by atoms with E-state index in [-0.39, 0.29) is 12.3 Å². The first-order valence-electron chi connectivity index (χ1n) is 10.6. The molecule has 0 fully saturated rings. The molecule has 0 aliphatic heterocycles. The molecule has 0 spiro atoms. The van der Waals surface area contributed by atoms with Crippen LogP contribution in [0.1, 0.15) is 18.4 Å². The number of carbonyl (C=O) groups is 4. The van der Waals surface area contributed by atoms with Crippen molar-refractivity contribution in [3.05, 3.63) is 78.3 Å². The van der Waals surface area contributed by atoms with E-state index >= 15 is 0 Å². The topological polar surface area (TPSA) is 151 Å². The number of hydrogen-bond donors (Lipinski definition) is 4. The Bertz CT molecular complexity index is 1220. The summed E-state index contributed by atoms with van der Waals surface area (Å²) in [7, 11) is 0. The van der Waals surface area contributed by atoms with Crippen LogP contribution >= 0.6 is 0 Å². The molecule has 11 heteroatoms. The van der Waals surface area contributed by atoms with Crippen molar-refractivity contribution in [1.29, 1.82) is 0 Å². The van der Waals surface area contributed by atoms with Gasteiger partial charge in [0.25, 0.3) is 0 Å². The summed E-state index contributed by atoms with van der Waals surface area (Å²) in [5.41, 5.74) is 2.95. The summed E-state index contributed by atoms with van der Waals surface area (Å²) < 4.78 is 10.8. The lowest BCUT2D eigenvalue weighted by Gasteiger charge is -2.10. The summed E-state index contributed by atoms with van der Waals surface area (Å²) in [5, 5.41) is 11.0. The van der Waals surface area contributed by atoms with E-state index in [9.17, 15) is 19.2 Å². The number of furan rings is 1. The SMILES string of the molecule is CCOc1ccccc1NC(=O)C(=O)N/N=C/c1ccc(CNC(=O)C(=O)Nc2ccccc2)o1. The first-order chi connectivity index (χ1) is 17.0. The molecule has 0 aliphatic rings. The average molecular weight is 477 g/mol. The Morgan fingerprint density at radius 3 is 2.34 bits per heavy atom. The molecule has 180 valence electrons. The molecule has 11 nitrogen and oxygen atoms in total. The van der Waals surface area contributed by atoms with Gasteiger partial charge in [-0.2, -0.15) is 5.10 Å². The molecule has 0 aliphatic carbocycles. The molecule has 1 heterocycles. The van der Waals surface area contributed by atoms with Crippen LogP contribution in [-0.4, -0.2) is 36.5 Å². The molecule has 3 aromatic rings. The minimum absolute atomic E-state index is 0.0388. The quantitative estimate of drug-likeness (QED) is 0.221. The fraction of sp³-hybridized carbons (Fsp3) is 0.125. The van der Waals surface area contributed by atoms with Crippen LogP contribution in [0.2, 0.25) is 0 Å². The van der Waals surface area contributed by atoms with Crippen molar-refractivity contribution in [2.45, 2.75) is 13.5 Å². The number of benzene rings is 2. The average Bonchev–Trinajstić information content (AvgIpc) is 3.32. The minimum atomic E-state index is -0.990. The second kappa shape index (κ2) is 12.3. The van der Waals surface area contributed by atoms with E-state index in [1.54, 1.807) is 73.7 Å². The molecule has 0 saturated carbocycles. The number of ether oxygens (including phenoxy) is 1. The van der Waals surface area contributed by atoms with Crippen molar-refractivity contribution in [2.75, 3.05) is 17.2 Å². The number of hydrogen-bond acceptors (Lipinski definition) is 7. The van der Waals surface area contributed by atoms with E-state index in [2.05, 4.69) is 26.5 Å². The van der Waals surface area contributed by atoms with Crippen LogP contribution in [0.3, 0.4) is 0 Å². The number of para-hydroxylation sites is 3. The van der Waals surface area contributed by atoms with Gasteiger partial charge in [0.1, 0.15) is 17.3 Å². The highest BCUT2D eigenvalue weighted by atomic mass is 16.5. The Kier molecular flexibility index (Phi) is 8.72. The monoisotopic (exact) mass is 477 g/mol. The van der Waals surface area contributed by atoms with E-state index in [1.807, 2.05) is 0 Å². The predicted octanol–water partition coefficient (Wildman–Crippen LogP) is 2.02. The Balaban J connectivity index is 1.44. The van der Waals surface area contributed by atoms with E-state index in [0.29, 0.717) is 29.5 Å². The number of nitrogens with one attached hydrogen (secondary N) is 4. The van der Waals surface area contributed by atoms with E-state index < -0.39 is 23.6 Å². The van der Waals surface area contributed by atoms with E-state index in [0.717, 1.165) is 0 Å². The highest BCUT2D eigenvalue weighted by Crippen LogP contribution is 2.23. The van der Waals surface area contributed by atoms with Gasteiger partial charge in [-0.05, 0) is 43.3 Å². The zero-order chi connectivity index (χ0) is 25.0. The lowest BCUT2D eigenvalue weighted by atomic mass is 10.3. The van der Waals surface area contributed by atoms with Crippen LogP contribution < -0.4 is 26.1 Å². The lowest BCUT2D eigenvalue weighted by Crippen LogP contribution is -2.34. The summed E-state index contributed by atoms with van der Waals surface area (Å²) in [5.74, 6) is -2.51. The van der Waals surface area contributed by atoms with Gasteiger partial charge in [0.05, 0.1) is 25.1 Å². The molecular weight excluding hydrogens is 454 g/mol. The Hall–Kier alpha value is -4.93. The summed E-state index contributed by atoms with van der Waals surface area (Å²) in [6.07, 6.45) is 1.19. The summed E-state index contributed by atoms with van der Waals surface area (Å²) in [4.78, 5) is 47.9. The second-order valence-corrected chi connectivity index (χ2v) is 6.89. The predicted molar refractivity (Wildman–Crippen MR) is 128 cm³/mol. The third-order valence-electron chi connectivity index (χ3n) is 4.34. The third kappa shape index (κ3) is 7.56. The molecule has 0 unspecified atom stereocenters. The Labute approximate surface area is 200 Å². The maximum atomic E-state index is 12.1. The van der Waals surface area contributed by atoms with Crippen LogP contribution in [0.4, 0.5) is 11.4 Å². The van der Waals surface area contributed by atoms with Crippen LogP contribution in [0.25, 0.3) is 0 Å². The number of rotatable bonds is 8. The van der Waals surface area contributed by atoms with Gasteiger partial charge in [0, 0.05) is 5.69 Å². The molecule has 3 rings (SSSR count). The molecule has 2 aromatic carbocycles. The van der Waals surface area contributed by atoms with Crippen LogP contribution in [0, 0.1) is 0 Å². The van der Waals surface area contributed by atoms with E-state index in [4.69, 9.17) is 9.15 Å². The first kappa shape index (κ1) is 24.7. The summed E-state index contributed by atoms with van der Waals surface area (Å²) in [6, 6.07) is 18.4. The van der Waals surface area contributed by atoms with Crippen LogP contribution in [0.15, 0.2) is 76.2 Å². The van der Waals surface area contributed by atoms with Gasteiger partial charge in [-0.15, -0.1) is 0 Å². The van der Waals surface area contributed by atoms with Gasteiger partial charge in [-0.1, -0.05) is 30.3 Å². The third-order valence-corrected chi connectivity index (χ3v) is 4.34.